The first-order chi connectivity index (χ1) is 12.2. The third-order valence-corrected chi connectivity index (χ3v) is 6.66. The maximum Gasteiger partial charge on any atom is 0.191 e. The molecule has 2 aliphatic rings. The van der Waals surface area contributed by atoms with Crippen LogP contribution in [0.3, 0.4) is 0 Å². The van der Waals surface area contributed by atoms with Crippen LogP contribution in [0.5, 0.6) is 0 Å². The summed E-state index contributed by atoms with van der Waals surface area (Å²) >= 11 is 2.06. The second kappa shape index (κ2) is 10.8. The number of halogens is 1. The number of thioether (sulfide) groups is 1. The van der Waals surface area contributed by atoms with Crippen LogP contribution in [0.15, 0.2) is 27.8 Å². The molecule has 2 aliphatic heterocycles. The molecule has 0 saturated carbocycles. The van der Waals surface area contributed by atoms with Gasteiger partial charge in [-0.15, -0.1) is 24.0 Å². The molecular weight excluding hydrogens is 459 g/mol. The SMILES string of the molecule is CCNC(=NCC1(C)CCCS1)NCC(c1ccco1)N1CCCC1.I. The summed E-state index contributed by atoms with van der Waals surface area (Å²) in [7, 11) is 0. The lowest BCUT2D eigenvalue weighted by Gasteiger charge is -2.27. The molecule has 1 aromatic rings. The summed E-state index contributed by atoms with van der Waals surface area (Å²) in [6, 6.07) is 4.35. The van der Waals surface area contributed by atoms with Crippen LogP contribution in [0.4, 0.5) is 0 Å². The van der Waals surface area contributed by atoms with Gasteiger partial charge < -0.3 is 15.1 Å². The highest BCUT2D eigenvalue weighted by Gasteiger charge is 2.29. The van der Waals surface area contributed by atoms with Crippen LogP contribution >= 0.6 is 35.7 Å². The highest BCUT2D eigenvalue weighted by Crippen LogP contribution is 2.37. The van der Waals surface area contributed by atoms with Gasteiger partial charge >= 0.3 is 0 Å². The van der Waals surface area contributed by atoms with Gasteiger partial charge in [0.25, 0.3) is 0 Å². The van der Waals surface area contributed by atoms with E-state index in [1.165, 1.54) is 31.4 Å². The quantitative estimate of drug-likeness (QED) is 0.344. The fraction of sp³-hybridized carbons (Fsp3) is 0.737. The normalized spacial score (nSPS) is 25.1. The van der Waals surface area contributed by atoms with Crippen molar-refractivity contribution in [3.63, 3.8) is 0 Å². The van der Waals surface area contributed by atoms with Crippen LogP contribution in [0, 0.1) is 0 Å². The van der Waals surface area contributed by atoms with Crippen molar-refractivity contribution in [3.05, 3.63) is 24.2 Å². The minimum absolute atomic E-state index is 0. The van der Waals surface area contributed by atoms with E-state index in [4.69, 9.17) is 9.41 Å². The molecule has 0 radical (unpaired) electrons. The van der Waals surface area contributed by atoms with Gasteiger partial charge in [-0.05, 0) is 70.5 Å². The number of likely N-dealkylation sites (tertiary alicyclic amines) is 1. The van der Waals surface area contributed by atoms with E-state index in [2.05, 4.69) is 47.2 Å². The lowest BCUT2D eigenvalue weighted by Crippen LogP contribution is -2.43. The zero-order valence-corrected chi connectivity index (χ0v) is 19.1. The Kier molecular flexibility index (Phi) is 9.09. The lowest BCUT2D eigenvalue weighted by molar-refractivity contribution is 0.215. The van der Waals surface area contributed by atoms with Gasteiger partial charge in [-0.25, -0.2) is 0 Å². The molecule has 2 unspecified atom stereocenters. The van der Waals surface area contributed by atoms with Gasteiger partial charge in [-0.3, -0.25) is 9.89 Å². The maximum absolute atomic E-state index is 5.71. The Bertz CT molecular complexity index is 540. The fourth-order valence-electron chi connectivity index (χ4n) is 3.69. The predicted molar refractivity (Wildman–Crippen MR) is 122 cm³/mol. The van der Waals surface area contributed by atoms with Gasteiger partial charge in [0.15, 0.2) is 5.96 Å². The minimum atomic E-state index is 0. The van der Waals surface area contributed by atoms with E-state index in [1.807, 2.05) is 6.07 Å². The molecule has 2 N–H and O–H groups in total. The number of aliphatic imine (C=N–C) groups is 1. The molecule has 5 nitrogen and oxygen atoms in total. The van der Waals surface area contributed by atoms with Crippen molar-refractivity contribution in [1.82, 2.24) is 15.5 Å². The summed E-state index contributed by atoms with van der Waals surface area (Å²) in [5.74, 6) is 3.24. The van der Waals surface area contributed by atoms with Gasteiger partial charge in [0.1, 0.15) is 5.76 Å². The van der Waals surface area contributed by atoms with Crippen LogP contribution in [-0.4, -0.2) is 54.1 Å². The Balaban J connectivity index is 0.00000243. The monoisotopic (exact) mass is 492 g/mol. The van der Waals surface area contributed by atoms with Crippen molar-refractivity contribution in [1.29, 1.82) is 0 Å². The molecule has 0 bridgehead atoms. The Labute approximate surface area is 179 Å². The zero-order valence-electron chi connectivity index (χ0n) is 16.0. The second-order valence-electron chi connectivity index (χ2n) is 7.25. The summed E-state index contributed by atoms with van der Waals surface area (Å²) in [5, 5.41) is 6.95. The molecule has 3 rings (SSSR count). The van der Waals surface area contributed by atoms with E-state index in [-0.39, 0.29) is 30.0 Å². The molecule has 2 saturated heterocycles. The van der Waals surface area contributed by atoms with Crippen LogP contribution in [0.1, 0.15) is 51.3 Å². The Morgan fingerprint density at radius 2 is 2.15 bits per heavy atom. The van der Waals surface area contributed by atoms with Crippen molar-refractivity contribution in [3.8, 4) is 0 Å². The van der Waals surface area contributed by atoms with Gasteiger partial charge in [-0.2, -0.15) is 11.8 Å². The van der Waals surface area contributed by atoms with Gasteiger partial charge in [0.2, 0.25) is 0 Å². The number of hydrogen-bond acceptors (Lipinski definition) is 4. The first-order valence-electron chi connectivity index (χ1n) is 9.64. The first-order valence-corrected chi connectivity index (χ1v) is 10.6. The Morgan fingerprint density at radius 3 is 2.77 bits per heavy atom. The standard InChI is InChI=1S/C19H32N4OS.HI/c1-3-20-18(22-15-19(2)9-7-13-25-19)21-14-16(17-8-6-12-24-17)23-10-4-5-11-23;/h6,8,12,16H,3-5,7,9-11,13-15H2,1-2H3,(H2,20,21,22);1H. The van der Waals surface area contributed by atoms with Crippen molar-refractivity contribution in [2.24, 2.45) is 4.99 Å². The number of guanidine groups is 1. The summed E-state index contributed by atoms with van der Waals surface area (Å²) in [4.78, 5) is 7.39. The third-order valence-electron chi connectivity index (χ3n) is 5.13. The summed E-state index contributed by atoms with van der Waals surface area (Å²) < 4.78 is 6.02. The molecule has 0 aliphatic carbocycles. The van der Waals surface area contributed by atoms with E-state index in [1.54, 1.807) is 6.26 Å². The molecular formula is C19H33IN4OS. The Hall–Kier alpha value is -0.410. The number of hydrogen-bond donors (Lipinski definition) is 2. The van der Waals surface area contributed by atoms with Crippen LogP contribution < -0.4 is 10.6 Å². The van der Waals surface area contributed by atoms with E-state index >= 15 is 0 Å². The third kappa shape index (κ3) is 6.05. The van der Waals surface area contributed by atoms with E-state index < -0.39 is 0 Å². The number of nitrogens with zero attached hydrogens (tertiary/aromatic N) is 2. The predicted octanol–water partition coefficient (Wildman–Crippen LogP) is 3.88. The van der Waals surface area contributed by atoms with Crippen molar-refractivity contribution < 1.29 is 4.42 Å². The molecule has 148 valence electrons. The van der Waals surface area contributed by atoms with Crippen molar-refractivity contribution in [2.45, 2.75) is 50.3 Å². The Morgan fingerprint density at radius 1 is 1.35 bits per heavy atom. The molecule has 3 heterocycles. The largest absolute Gasteiger partial charge is 0.468 e. The maximum atomic E-state index is 5.71. The molecule has 7 heteroatoms. The summed E-state index contributed by atoms with van der Waals surface area (Å²) in [6.45, 7) is 9.34. The van der Waals surface area contributed by atoms with Crippen molar-refractivity contribution >= 4 is 41.7 Å². The zero-order chi connectivity index (χ0) is 17.5. The number of rotatable bonds is 7. The van der Waals surface area contributed by atoms with E-state index in [9.17, 15) is 0 Å². The average molecular weight is 492 g/mol. The summed E-state index contributed by atoms with van der Waals surface area (Å²) in [5.41, 5.74) is 0. The van der Waals surface area contributed by atoms with Crippen molar-refractivity contribution in [2.75, 3.05) is 38.5 Å². The number of nitrogens with one attached hydrogen (secondary N) is 2. The molecule has 2 atom stereocenters. The smallest absolute Gasteiger partial charge is 0.191 e. The average Bonchev–Trinajstić information content (AvgIpc) is 3.36. The molecule has 26 heavy (non-hydrogen) atoms. The van der Waals surface area contributed by atoms with Crippen LogP contribution in [-0.2, 0) is 0 Å². The highest BCUT2D eigenvalue weighted by atomic mass is 127. The highest BCUT2D eigenvalue weighted by molar-refractivity contribution is 14.0. The lowest BCUT2D eigenvalue weighted by atomic mass is 10.1. The molecule has 2 fully saturated rings. The second-order valence-corrected chi connectivity index (χ2v) is 8.93. The number of furan rings is 1. The van der Waals surface area contributed by atoms with Gasteiger partial charge in [-0.1, -0.05) is 0 Å². The molecule has 0 aromatic carbocycles. The molecule has 0 spiro atoms. The fourth-order valence-corrected chi connectivity index (χ4v) is 4.91. The minimum Gasteiger partial charge on any atom is -0.468 e. The van der Waals surface area contributed by atoms with Crippen LogP contribution in [0.25, 0.3) is 0 Å². The van der Waals surface area contributed by atoms with Crippen LogP contribution in [0.2, 0.25) is 0 Å². The van der Waals surface area contributed by atoms with Gasteiger partial charge in [0, 0.05) is 17.8 Å². The first kappa shape index (κ1) is 21.9. The molecule has 0 amide bonds. The topological polar surface area (TPSA) is 52.8 Å². The molecule has 1 aromatic heterocycles. The van der Waals surface area contributed by atoms with E-state index in [0.717, 1.165) is 44.4 Å². The van der Waals surface area contributed by atoms with E-state index in [0.29, 0.717) is 4.75 Å². The van der Waals surface area contributed by atoms with Gasteiger partial charge in [0.05, 0.1) is 18.8 Å². The summed E-state index contributed by atoms with van der Waals surface area (Å²) in [6.07, 6.45) is 6.91.